The van der Waals surface area contributed by atoms with E-state index in [2.05, 4.69) is 5.32 Å². The summed E-state index contributed by atoms with van der Waals surface area (Å²) in [6.45, 7) is 4.09. The molecule has 10 heteroatoms. The first-order chi connectivity index (χ1) is 15.6. The Morgan fingerprint density at radius 3 is 2.76 bits per heavy atom. The number of carbonyl (C=O) groups is 2. The topological polar surface area (TPSA) is 71.1 Å². The van der Waals surface area contributed by atoms with Crippen LogP contribution in [0.2, 0.25) is 0 Å². The van der Waals surface area contributed by atoms with E-state index in [1.54, 1.807) is 11.0 Å². The molecule has 4 aliphatic rings. The second kappa shape index (κ2) is 8.16. The normalized spacial score (nSPS) is 27.0. The van der Waals surface area contributed by atoms with Gasteiger partial charge >= 0.3 is 12.2 Å². The summed E-state index contributed by atoms with van der Waals surface area (Å²) in [6, 6.07) is 4.15. The highest BCUT2D eigenvalue weighted by Crippen LogP contribution is 2.50. The van der Waals surface area contributed by atoms with E-state index in [0.717, 1.165) is 18.9 Å². The number of nitrogens with zero attached hydrogens (tertiary/aromatic N) is 2. The quantitative estimate of drug-likeness (QED) is 0.742. The third-order valence-electron chi connectivity index (χ3n) is 7.33. The molecular formula is C23H28F3N3O4. The maximum atomic E-state index is 13.1. The maximum Gasteiger partial charge on any atom is 0.416 e. The fourth-order valence-corrected chi connectivity index (χ4v) is 5.53. The Morgan fingerprint density at radius 1 is 1.27 bits per heavy atom. The molecule has 3 amide bonds. The Bertz CT molecular complexity index is 939. The number of amides is 3. The molecule has 1 N–H and O–H groups in total. The number of piperidine rings is 1. The van der Waals surface area contributed by atoms with Gasteiger partial charge in [-0.1, -0.05) is 12.1 Å². The summed E-state index contributed by atoms with van der Waals surface area (Å²) in [5.41, 5.74) is 0.160. The standard InChI is InChI=1S/C23H28F3N3O4/c1-14-2-3-15(6-17(14)23(24,25)26)10-32-16-7-22(8-16)12-29(13-22)21(31)28-5-4-19-18(9-28)27-20(30)11-33-19/h2-3,6,16,18-19H,4-5,7-13H2,1H3,(H,27,30)/t18-,19?/m1/s1. The van der Waals surface area contributed by atoms with Crippen LogP contribution in [0.15, 0.2) is 18.2 Å². The largest absolute Gasteiger partial charge is 0.416 e. The number of ether oxygens (including phenoxy) is 2. The van der Waals surface area contributed by atoms with Crippen LogP contribution in [0.3, 0.4) is 0 Å². The molecular weight excluding hydrogens is 439 g/mol. The molecule has 33 heavy (non-hydrogen) atoms. The molecule has 1 aliphatic carbocycles. The SMILES string of the molecule is Cc1ccc(COC2CC3(C2)CN(C(=O)N2CCC4OCC(=O)N[C@@H]4C2)C3)cc1C(F)(F)F. The van der Waals surface area contributed by atoms with Crippen LogP contribution in [0, 0.1) is 12.3 Å². The summed E-state index contributed by atoms with van der Waals surface area (Å²) in [5, 5.41) is 2.91. The number of aryl methyl sites for hydroxylation is 1. The van der Waals surface area contributed by atoms with Crippen molar-refractivity contribution in [2.24, 2.45) is 5.41 Å². The predicted molar refractivity (Wildman–Crippen MR) is 111 cm³/mol. The van der Waals surface area contributed by atoms with Crippen LogP contribution in [0.4, 0.5) is 18.0 Å². The number of likely N-dealkylation sites (tertiary alicyclic amines) is 2. The number of benzene rings is 1. The van der Waals surface area contributed by atoms with Crippen LogP contribution < -0.4 is 5.32 Å². The minimum Gasteiger partial charge on any atom is -0.373 e. The first-order valence-electron chi connectivity index (χ1n) is 11.4. The molecule has 0 bridgehead atoms. The van der Waals surface area contributed by atoms with E-state index in [0.29, 0.717) is 38.2 Å². The summed E-state index contributed by atoms with van der Waals surface area (Å²) in [5.74, 6) is -0.144. The van der Waals surface area contributed by atoms with Crippen molar-refractivity contribution in [3.8, 4) is 0 Å². The van der Waals surface area contributed by atoms with Gasteiger partial charge in [-0.25, -0.2) is 4.79 Å². The molecule has 5 rings (SSSR count). The molecule has 1 spiro atoms. The van der Waals surface area contributed by atoms with Gasteiger partial charge in [0.05, 0.1) is 30.4 Å². The van der Waals surface area contributed by atoms with Crippen LogP contribution in [0.5, 0.6) is 0 Å². The minimum atomic E-state index is -4.37. The summed E-state index contributed by atoms with van der Waals surface area (Å²) in [7, 11) is 0. The number of nitrogens with one attached hydrogen (secondary N) is 1. The molecule has 0 radical (unpaired) electrons. The highest BCUT2D eigenvalue weighted by Gasteiger charge is 2.55. The molecule has 2 atom stereocenters. The molecule has 3 aliphatic heterocycles. The van der Waals surface area contributed by atoms with E-state index in [9.17, 15) is 22.8 Å². The molecule has 3 heterocycles. The van der Waals surface area contributed by atoms with Gasteiger partial charge < -0.3 is 24.6 Å². The summed E-state index contributed by atoms with van der Waals surface area (Å²) >= 11 is 0. The third kappa shape index (κ3) is 4.42. The van der Waals surface area contributed by atoms with Crippen molar-refractivity contribution in [1.29, 1.82) is 0 Å². The number of hydrogen-bond donors (Lipinski definition) is 1. The lowest BCUT2D eigenvalue weighted by Crippen LogP contribution is -2.69. The van der Waals surface area contributed by atoms with Crippen molar-refractivity contribution >= 4 is 11.9 Å². The summed E-state index contributed by atoms with van der Waals surface area (Å²) in [6.07, 6.45) is -2.07. The second-order valence-corrected chi connectivity index (χ2v) is 9.89. The van der Waals surface area contributed by atoms with Crippen LogP contribution in [0.1, 0.15) is 36.0 Å². The number of urea groups is 1. The van der Waals surface area contributed by atoms with E-state index in [1.165, 1.54) is 13.0 Å². The van der Waals surface area contributed by atoms with Gasteiger partial charge in [-0.15, -0.1) is 0 Å². The van der Waals surface area contributed by atoms with Crippen LogP contribution >= 0.6 is 0 Å². The zero-order valence-electron chi connectivity index (χ0n) is 18.5. The lowest BCUT2D eigenvalue weighted by atomic mass is 9.62. The highest BCUT2D eigenvalue weighted by atomic mass is 19.4. The number of alkyl halides is 3. The molecule has 3 saturated heterocycles. The summed E-state index contributed by atoms with van der Waals surface area (Å²) in [4.78, 5) is 28.1. The van der Waals surface area contributed by atoms with Gasteiger partial charge in [0.15, 0.2) is 0 Å². The van der Waals surface area contributed by atoms with Crippen LogP contribution in [0.25, 0.3) is 0 Å². The second-order valence-electron chi connectivity index (χ2n) is 9.89. The van der Waals surface area contributed by atoms with Crippen LogP contribution in [-0.2, 0) is 27.1 Å². The lowest BCUT2D eigenvalue weighted by Gasteiger charge is -2.59. The van der Waals surface area contributed by atoms with E-state index in [-0.39, 0.29) is 54.4 Å². The van der Waals surface area contributed by atoms with Crippen molar-refractivity contribution in [2.45, 2.75) is 57.2 Å². The lowest BCUT2D eigenvalue weighted by molar-refractivity contribution is -0.147. The first kappa shape index (κ1) is 22.5. The smallest absolute Gasteiger partial charge is 0.373 e. The molecule has 7 nitrogen and oxygen atoms in total. The van der Waals surface area contributed by atoms with Gasteiger partial charge in [-0.05, 0) is 43.4 Å². The Balaban J connectivity index is 1.07. The number of morpholine rings is 1. The minimum absolute atomic E-state index is 0.00300. The third-order valence-corrected chi connectivity index (χ3v) is 7.33. The molecule has 0 aromatic heterocycles. The van der Waals surface area contributed by atoms with Crippen molar-refractivity contribution in [2.75, 3.05) is 32.8 Å². The zero-order valence-corrected chi connectivity index (χ0v) is 18.5. The number of rotatable bonds is 3. The molecule has 180 valence electrons. The first-order valence-corrected chi connectivity index (χ1v) is 11.4. The van der Waals surface area contributed by atoms with E-state index < -0.39 is 11.7 Å². The number of carbonyl (C=O) groups excluding carboxylic acids is 2. The summed E-state index contributed by atoms with van der Waals surface area (Å²) < 4.78 is 50.7. The van der Waals surface area contributed by atoms with Gasteiger partial charge in [0.25, 0.3) is 0 Å². The van der Waals surface area contributed by atoms with Gasteiger partial charge in [-0.2, -0.15) is 13.2 Å². The average molecular weight is 467 g/mol. The molecule has 1 aromatic rings. The van der Waals surface area contributed by atoms with Crippen molar-refractivity contribution in [3.05, 3.63) is 34.9 Å². The fraction of sp³-hybridized carbons (Fsp3) is 0.652. The van der Waals surface area contributed by atoms with Gasteiger partial charge in [-0.3, -0.25) is 4.79 Å². The molecule has 1 saturated carbocycles. The molecule has 1 aromatic carbocycles. The Kier molecular flexibility index (Phi) is 5.55. The number of halogens is 3. The predicted octanol–water partition coefficient (Wildman–Crippen LogP) is 2.70. The van der Waals surface area contributed by atoms with Crippen molar-refractivity contribution in [3.63, 3.8) is 0 Å². The Morgan fingerprint density at radius 2 is 2.03 bits per heavy atom. The van der Waals surface area contributed by atoms with Gasteiger partial charge in [0.2, 0.25) is 5.91 Å². The maximum absolute atomic E-state index is 13.1. The molecule has 4 fully saturated rings. The average Bonchev–Trinajstić information content (AvgIpc) is 2.70. The Labute approximate surface area is 190 Å². The van der Waals surface area contributed by atoms with E-state index >= 15 is 0 Å². The Hall–Kier alpha value is -2.33. The van der Waals surface area contributed by atoms with Crippen molar-refractivity contribution in [1.82, 2.24) is 15.1 Å². The monoisotopic (exact) mass is 467 g/mol. The zero-order chi connectivity index (χ0) is 23.4. The van der Waals surface area contributed by atoms with Gasteiger partial charge in [0.1, 0.15) is 6.61 Å². The number of hydrogen-bond acceptors (Lipinski definition) is 4. The number of fused-ring (bicyclic) bond motifs is 1. The van der Waals surface area contributed by atoms with Crippen LogP contribution in [-0.4, -0.2) is 72.8 Å². The van der Waals surface area contributed by atoms with Gasteiger partial charge in [0, 0.05) is 31.6 Å². The van der Waals surface area contributed by atoms with E-state index in [4.69, 9.17) is 9.47 Å². The fourth-order valence-electron chi connectivity index (χ4n) is 5.53. The van der Waals surface area contributed by atoms with E-state index in [1.807, 2.05) is 4.90 Å². The highest BCUT2D eigenvalue weighted by molar-refractivity contribution is 5.79. The van der Waals surface area contributed by atoms with Crippen molar-refractivity contribution < 1.29 is 32.2 Å². The molecule has 1 unspecified atom stereocenters.